The van der Waals surface area contributed by atoms with E-state index in [2.05, 4.69) is 5.32 Å². The van der Waals surface area contributed by atoms with E-state index in [1.807, 2.05) is 0 Å². The van der Waals surface area contributed by atoms with E-state index in [9.17, 15) is 18.8 Å². The number of rotatable bonds is 8. The molecule has 1 aromatic carbocycles. The van der Waals surface area contributed by atoms with Gasteiger partial charge in [-0.3, -0.25) is 4.79 Å². The largest absolute Gasteiger partial charge is 0.481 e. The maximum atomic E-state index is 13.1. The molecule has 0 unspecified atom stereocenters. The van der Waals surface area contributed by atoms with Gasteiger partial charge in [0.25, 0.3) is 5.91 Å². The van der Waals surface area contributed by atoms with Crippen molar-refractivity contribution in [3.63, 3.8) is 0 Å². The number of carbonyl (C=O) groups excluding carboxylic acids is 3. The quantitative estimate of drug-likeness (QED) is 0.584. The van der Waals surface area contributed by atoms with Crippen LogP contribution >= 0.6 is 11.3 Å². The molecule has 0 saturated carbocycles. The van der Waals surface area contributed by atoms with Crippen molar-refractivity contribution in [3.05, 3.63) is 46.1 Å². The Hall–Kier alpha value is -2.94. The minimum atomic E-state index is -0.951. The van der Waals surface area contributed by atoms with Gasteiger partial charge in [-0.2, -0.15) is 0 Å². The van der Waals surface area contributed by atoms with E-state index in [0.29, 0.717) is 11.3 Å². The Balaban J connectivity index is 2.29. The molecule has 0 fully saturated rings. The zero-order valence-corrected chi connectivity index (χ0v) is 19.1. The number of nitrogens with one attached hydrogen (secondary N) is 1. The van der Waals surface area contributed by atoms with Gasteiger partial charge in [-0.05, 0) is 71.4 Å². The van der Waals surface area contributed by atoms with E-state index in [-0.39, 0.29) is 27.6 Å². The van der Waals surface area contributed by atoms with Gasteiger partial charge < -0.3 is 19.5 Å². The number of carbonyl (C=O) groups is 3. The first kappa shape index (κ1) is 24.3. The summed E-state index contributed by atoms with van der Waals surface area (Å²) in [5.74, 6) is -1.91. The maximum absolute atomic E-state index is 13.1. The Labute approximate surface area is 184 Å². The maximum Gasteiger partial charge on any atom is 0.348 e. The van der Waals surface area contributed by atoms with Gasteiger partial charge >= 0.3 is 11.9 Å². The van der Waals surface area contributed by atoms with Crippen LogP contribution in [0.5, 0.6) is 5.75 Å². The van der Waals surface area contributed by atoms with Crippen LogP contribution in [-0.4, -0.2) is 36.2 Å². The van der Waals surface area contributed by atoms with E-state index >= 15 is 0 Å². The molecule has 1 heterocycles. The predicted octanol–water partition coefficient (Wildman–Crippen LogP) is 4.73. The molecule has 168 valence electrons. The molecule has 2 aromatic rings. The zero-order valence-electron chi connectivity index (χ0n) is 18.3. The van der Waals surface area contributed by atoms with Crippen LogP contribution in [0.25, 0.3) is 0 Å². The van der Waals surface area contributed by atoms with Gasteiger partial charge in [0.15, 0.2) is 6.10 Å². The SMILES string of the molecule is Cc1c(C(=O)OC(C)C)sc(NC(=O)[C@@H](C)Oc2ccc(F)cc2)c1C(=O)OC(C)C. The zero-order chi connectivity index (χ0) is 23.3. The fourth-order valence-corrected chi connectivity index (χ4v) is 3.65. The molecular weight excluding hydrogens is 425 g/mol. The molecule has 0 spiro atoms. The number of anilines is 1. The molecular formula is C22H26FNO6S. The first-order chi connectivity index (χ1) is 14.5. The summed E-state index contributed by atoms with van der Waals surface area (Å²) in [5.41, 5.74) is 0.459. The van der Waals surface area contributed by atoms with E-state index in [0.717, 1.165) is 11.3 Å². The molecule has 0 aliphatic carbocycles. The summed E-state index contributed by atoms with van der Waals surface area (Å²) in [6.07, 6.45) is -1.68. The van der Waals surface area contributed by atoms with Crippen molar-refractivity contribution in [1.29, 1.82) is 0 Å². The molecule has 2 rings (SSSR count). The topological polar surface area (TPSA) is 90.9 Å². The lowest BCUT2D eigenvalue weighted by molar-refractivity contribution is -0.122. The summed E-state index contributed by atoms with van der Waals surface area (Å²) in [4.78, 5) is 38.0. The Bertz CT molecular complexity index is 952. The van der Waals surface area contributed by atoms with Crippen molar-refractivity contribution >= 4 is 34.2 Å². The highest BCUT2D eigenvalue weighted by Crippen LogP contribution is 2.35. The number of halogens is 1. The molecule has 31 heavy (non-hydrogen) atoms. The molecule has 1 atom stereocenters. The van der Waals surface area contributed by atoms with Gasteiger partial charge in [0, 0.05) is 0 Å². The van der Waals surface area contributed by atoms with Crippen LogP contribution in [0.2, 0.25) is 0 Å². The highest BCUT2D eigenvalue weighted by molar-refractivity contribution is 7.18. The molecule has 0 saturated heterocycles. The molecule has 0 radical (unpaired) electrons. The van der Waals surface area contributed by atoms with Gasteiger partial charge in [-0.1, -0.05) is 0 Å². The van der Waals surface area contributed by atoms with Gasteiger partial charge in [-0.25, -0.2) is 14.0 Å². The third kappa shape index (κ3) is 6.52. The normalized spacial score (nSPS) is 11.9. The lowest BCUT2D eigenvalue weighted by Crippen LogP contribution is -2.30. The number of benzene rings is 1. The van der Waals surface area contributed by atoms with Gasteiger partial charge in [0.2, 0.25) is 0 Å². The predicted molar refractivity (Wildman–Crippen MR) is 115 cm³/mol. The van der Waals surface area contributed by atoms with Crippen LogP contribution in [0.4, 0.5) is 9.39 Å². The Morgan fingerprint density at radius 3 is 2.03 bits per heavy atom. The van der Waals surface area contributed by atoms with Crippen LogP contribution in [0.1, 0.15) is 60.2 Å². The Morgan fingerprint density at radius 2 is 1.48 bits per heavy atom. The summed E-state index contributed by atoms with van der Waals surface area (Å²) in [5, 5.41) is 2.80. The Kier molecular flexibility index (Phi) is 8.15. The molecule has 0 aliphatic rings. The molecule has 0 bridgehead atoms. The minimum absolute atomic E-state index is 0.0942. The average Bonchev–Trinajstić information content (AvgIpc) is 2.98. The highest BCUT2D eigenvalue weighted by Gasteiger charge is 2.29. The molecule has 1 amide bonds. The van der Waals surface area contributed by atoms with Crippen LogP contribution < -0.4 is 10.1 Å². The van der Waals surface area contributed by atoms with Crippen LogP contribution in [0.15, 0.2) is 24.3 Å². The fourth-order valence-electron chi connectivity index (χ4n) is 2.57. The smallest absolute Gasteiger partial charge is 0.348 e. The summed E-state index contributed by atoms with van der Waals surface area (Å²) in [6.45, 7) is 9.93. The van der Waals surface area contributed by atoms with Crippen molar-refractivity contribution in [2.75, 3.05) is 5.32 Å². The second-order valence-electron chi connectivity index (χ2n) is 7.37. The summed E-state index contributed by atoms with van der Waals surface area (Å²) in [6, 6.07) is 5.24. The standard InChI is InChI=1S/C22H26FNO6S/c1-11(2)28-21(26)17-13(5)18(22(27)29-12(3)4)31-20(17)24-19(25)14(6)30-16-9-7-15(23)8-10-16/h7-12,14H,1-6H3,(H,24,25)/t14-/m1/s1. The van der Waals surface area contributed by atoms with Crippen LogP contribution in [0, 0.1) is 12.7 Å². The molecule has 7 nitrogen and oxygen atoms in total. The summed E-state index contributed by atoms with van der Waals surface area (Å²) in [7, 11) is 0. The fraction of sp³-hybridized carbons (Fsp3) is 0.409. The number of hydrogen-bond acceptors (Lipinski definition) is 7. The van der Waals surface area contributed by atoms with Crippen molar-refractivity contribution in [2.24, 2.45) is 0 Å². The molecule has 9 heteroatoms. The van der Waals surface area contributed by atoms with E-state index in [1.54, 1.807) is 34.6 Å². The lowest BCUT2D eigenvalue weighted by atomic mass is 10.1. The van der Waals surface area contributed by atoms with E-state index in [4.69, 9.17) is 14.2 Å². The first-order valence-electron chi connectivity index (χ1n) is 9.78. The summed E-state index contributed by atoms with van der Waals surface area (Å²) >= 11 is 0.933. The van der Waals surface area contributed by atoms with Gasteiger partial charge in [0.1, 0.15) is 21.4 Å². The van der Waals surface area contributed by atoms with E-state index in [1.165, 1.54) is 31.2 Å². The number of esters is 2. The van der Waals surface area contributed by atoms with E-state index < -0.39 is 29.8 Å². The molecule has 1 aromatic heterocycles. The van der Waals surface area contributed by atoms with Crippen molar-refractivity contribution in [2.45, 2.75) is 59.9 Å². The second-order valence-corrected chi connectivity index (χ2v) is 8.39. The average molecular weight is 452 g/mol. The van der Waals surface area contributed by atoms with Crippen molar-refractivity contribution in [1.82, 2.24) is 0 Å². The third-order valence-electron chi connectivity index (χ3n) is 3.95. The van der Waals surface area contributed by atoms with Crippen LogP contribution in [0.3, 0.4) is 0 Å². The number of hydrogen-bond donors (Lipinski definition) is 1. The molecule has 0 aliphatic heterocycles. The van der Waals surface area contributed by atoms with Gasteiger partial charge in [0.05, 0.1) is 17.8 Å². The number of amides is 1. The van der Waals surface area contributed by atoms with Gasteiger partial charge in [-0.15, -0.1) is 11.3 Å². The van der Waals surface area contributed by atoms with Crippen molar-refractivity contribution < 1.29 is 33.0 Å². The monoisotopic (exact) mass is 451 g/mol. The summed E-state index contributed by atoms with van der Waals surface area (Å²) < 4.78 is 29.1. The lowest BCUT2D eigenvalue weighted by Gasteiger charge is -2.15. The Morgan fingerprint density at radius 1 is 0.935 bits per heavy atom. The minimum Gasteiger partial charge on any atom is -0.481 e. The molecule has 1 N–H and O–H groups in total. The third-order valence-corrected chi connectivity index (χ3v) is 5.14. The second kappa shape index (κ2) is 10.4. The first-order valence-corrected chi connectivity index (χ1v) is 10.6. The number of thiophene rings is 1. The van der Waals surface area contributed by atoms with Crippen molar-refractivity contribution in [3.8, 4) is 5.75 Å². The highest BCUT2D eigenvalue weighted by atomic mass is 32.1. The number of ether oxygens (including phenoxy) is 3. The van der Waals surface area contributed by atoms with Crippen LogP contribution in [-0.2, 0) is 14.3 Å².